The minimum Gasteiger partial charge on any atom is -0.399 e. The lowest BCUT2D eigenvalue weighted by Gasteiger charge is -2.05. The second-order valence-corrected chi connectivity index (χ2v) is 4.11. The first-order valence-electron chi connectivity index (χ1n) is 5.34. The van der Waals surface area contributed by atoms with E-state index in [9.17, 15) is 0 Å². The zero-order valence-corrected chi connectivity index (χ0v) is 9.40. The quantitative estimate of drug-likeness (QED) is 0.752. The van der Waals surface area contributed by atoms with E-state index < -0.39 is 0 Å². The van der Waals surface area contributed by atoms with Crippen molar-refractivity contribution in [2.24, 2.45) is 0 Å². The molecular weight excluding hydrogens is 196 g/mol. The van der Waals surface area contributed by atoms with Gasteiger partial charge in [0.1, 0.15) is 0 Å². The second kappa shape index (κ2) is 4.27. The van der Waals surface area contributed by atoms with Gasteiger partial charge in [-0.1, -0.05) is 24.3 Å². The van der Waals surface area contributed by atoms with Crippen molar-refractivity contribution in [3.05, 3.63) is 59.2 Å². The maximum atomic E-state index is 5.79. The van der Waals surface area contributed by atoms with Crippen LogP contribution in [0.15, 0.2) is 42.5 Å². The molecule has 0 saturated carbocycles. The highest BCUT2D eigenvalue weighted by atomic mass is 14.5. The molecule has 0 aliphatic heterocycles. The van der Waals surface area contributed by atoms with Gasteiger partial charge in [0.2, 0.25) is 0 Å². The van der Waals surface area contributed by atoms with Crippen LogP contribution in [0, 0.1) is 6.92 Å². The van der Waals surface area contributed by atoms with Crippen LogP contribution < -0.4 is 11.5 Å². The van der Waals surface area contributed by atoms with Crippen molar-refractivity contribution in [3.63, 3.8) is 0 Å². The molecule has 2 nitrogen and oxygen atoms in total. The van der Waals surface area contributed by atoms with Crippen molar-refractivity contribution in [2.45, 2.75) is 13.3 Å². The molecule has 2 aromatic carbocycles. The minimum absolute atomic E-state index is 0.803. The molecule has 4 N–H and O–H groups in total. The van der Waals surface area contributed by atoms with E-state index in [2.05, 4.69) is 24.3 Å². The second-order valence-electron chi connectivity index (χ2n) is 4.11. The number of hydrogen-bond acceptors (Lipinski definition) is 2. The normalized spacial score (nSPS) is 10.3. The standard InChI is InChI=1S/C14H16N2/c1-10-8-12(4-7-14(10)16)9-11-2-5-13(15)6-3-11/h2-8H,9,15-16H2,1H3. The molecule has 2 rings (SSSR count). The van der Waals surface area contributed by atoms with Crippen LogP contribution in [-0.4, -0.2) is 0 Å². The SMILES string of the molecule is Cc1cc(Cc2ccc(N)cc2)ccc1N. The Bertz CT molecular complexity index is 487. The maximum Gasteiger partial charge on any atom is 0.0343 e. The summed E-state index contributed by atoms with van der Waals surface area (Å²) in [5.41, 5.74) is 16.8. The fourth-order valence-corrected chi connectivity index (χ4v) is 1.72. The Morgan fingerprint density at radius 3 is 2.12 bits per heavy atom. The third-order valence-corrected chi connectivity index (χ3v) is 2.72. The first kappa shape index (κ1) is 10.6. The van der Waals surface area contributed by atoms with Crippen LogP contribution in [0.3, 0.4) is 0 Å². The van der Waals surface area contributed by atoms with E-state index in [-0.39, 0.29) is 0 Å². The summed E-state index contributed by atoms with van der Waals surface area (Å²) < 4.78 is 0. The molecule has 0 aromatic heterocycles. The van der Waals surface area contributed by atoms with Gasteiger partial charge in [0.15, 0.2) is 0 Å². The van der Waals surface area contributed by atoms with Crippen molar-refractivity contribution in [2.75, 3.05) is 11.5 Å². The fraction of sp³-hybridized carbons (Fsp3) is 0.143. The lowest BCUT2D eigenvalue weighted by atomic mass is 10.0. The topological polar surface area (TPSA) is 52.0 Å². The predicted octanol–water partition coefficient (Wildman–Crippen LogP) is 2.75. The van der Waals surface area contributed by atoms with Gasteiger partial charge in [-0.3, -0.25) is 0 Å². The lowest BCUT2D eigenvalue weighted by molar-refractivity contribution is 1.18. The molecule has 0 atom stereocenters. The molecule has 0 spiro atoms. The molecule has 0 heterocycles. The Morgan fingerprint density at radius 2 is 1.50 bits per heavy atom. The van der Waals surface area contributed by atoms with Crippen LogP contribution in [0.25, 0.3) is 0 Å². The van der Waals surface area contributed by atoms with Crippen LogP contribution in [-0.2, 0) is 6.42 Å². The van der Waals surface area contributed by atoms with E-state index in [1.165, 1.54) is 11.1 Å². The number of nitrogen functional groups attached to an aromatic ring is 2. The van der Waals surface area contributed by atoms with E-state index in [4.69, 9.17) is 11.5 Å². The molecule has 0 radical (unpaired) electrons. The monoisotopic (exact) mass is 212 g/mol. The molecule has 16 heavy (non-hydrogen) atoms. The summed E-state index contributed by atoms with van der Waals surface area (Å²) in [5.74, 6) is 0. The molecule has 2 heteroatoms. The van der Waals surface area contributed by atoms with Crippen LogP contribution >= 0.6 is 0 Å². The Hall–Kier alpha value is -1.96. The van der Waals surface area contributed by atoms with Crippen molar-refractivity contribution < 1.29 is 0 Å². The lowest BCUT2D eigenvalue weighted by Crippen LogP contribution is -1.93. The molecule has 0 amide bonds. The zero-order valence-electron chi connectivity index (χ0n) is 9.40. The Balaban J connectivity index is 2.20. The van der Waals surface area contributed by atoms with Crippen molar-refractivity contribution in [1.29, 1.82) is 0 Å². The summed E-state index contributed by atoms with van der Waals surface area (Å²) in [6.07, 6.45) is 0.918. The minimum atomic E-state index is 0.803. The van der Waals surface area contributed by atoms with E-state index in [1.807, 2.05) is 25.1 Å². The van der Waals surface area contributed by atoms with Gasteiger partial charge >= 0.3 is 0 Å². The number of hydrogen-bond donors (Lipinski definition) is 2. The van der Waals surface area contributed by atoms with Gasteiger partial charge < -0.3 is 11.5 Å². The number of benzene rings is 2. The van der Waals surface area contributed by atoms with Gasteiger partial charge in [-0.2, -0.15) is 0 Å². The van der Waals surface area contributed by atoms with Crippen molar-refractivity contribution in [3.8, 4) is 0 Å². The molecule has 0 saturated heterocycles. The molecule has 0 aliphatic rings. The summed E-state index contributed by atoms with van der Waals surface area (Å²) in [4.78, 5) is 0. The molecule has 82 valence electrons. The molecule has 0 fully saturated rings. The summed E-state index contributed by atoms with van der Waals surface area (Å²) in [6.45, 7) is 2.03. The first-order chi connectivity index (χ1) is 7.65. The van der Waals surface area contributed by atoms with Crippen LogP contribution in [0.5, 0.6) is 0 Å². The van der Waals surface area contributed by atoms with Crippen molar-refractivity contribution in [1.82, 2.24) is 0 Å². The molecule has 2 aromatic rings. The number of nitrogens with two attached hydrogens (primary N) is 2. The summed E-state index contributed by atoms with van der Waals surface area (Å²) in [5, 5.41) is 0. The predicted molar refractivity (Wildman–Crippen MR) is 69.3 cm³/mol. The van der Waals surface area contributed by atoms with Crippen LogP contribution in [0.1, 0.15) is 16.7 Å². The van der Waals surface area contributed by atoms with Gasteiger partial charge in [0.25, 0.3) is 0 Å². The average molecular weight is 212 g/mol. The van der Waals surface area contributed by atoms with Crippen LogP contribution in [0.2, 0.25) is 0 Å². The number of aryl methyl sites for hydroxylation is 1. The highest BCUT2D eigenvalue weighted by Crippen LogP contribution is 2.16. The van der Waals surface area contributed by atoms with E-state index in [0.717, 1.165) is 23.4 Å². The van der Waals surface area contributed by atoms with Crippen molar-refractivity contribution >= 4 is 11.4 Å². The Labute approximate surface area is 95.9 Å². The van der Waals surface area contributed by atoms with Crippen LogP contribution in [0.4, 0.5) is 11.4 Å². The number of rotatable bonds is 2. The molecular formula is C14H16N2. The average Bonchev–Trinajstić information content (AvgIpc) is 2.27. The molecule has 0 aliphatic carbocycles. The highest BCUT2D eigenvalue weighted by Gasteiger charge is 1.99. The Kier molecular flexibility index (Phi) is 2.82. The Morgan fingerprint density at radius 1 is 0.875 bits per heavy atom. The highest BCUT2D eigenvalue weighted by molar-refractivity contribution is 5.48. The largest absolute Gasteiger partial charge is 0.399 e. The number of anilines is 2. The third kappa shape index (κ3) is 2.34. The summed E-state index contributed by atoms with van der Waals surface area (Å²) in [7, 11) is 0. The smallest absolute Gasteiger partial charge is 0.0343 e. The van der Waals surface area contributed by atoms with Gasteiger partial charge in [0.05, 0.1) is 0 Å². The van der Waals surface area contributed by atoms with E-state index in [1.54, 1.807) is 0 Å². The van der Waals surface area contributed by atoms with Gasteiger partial charge in [-0.25, -0.2) is 0 Å². The summed E-state index contributed by atoms with van der Waals surface area (Å²) in [6, 6.07) is 14.1. The molecule has 0 bridgehead atoms. The summed E-state index contributed by atoms with van der Waals surface area (Å²) >= 11 is 0. The van der Waals surface area contributed by atoms with Gasteiger partial charge in [-0.15, -0.1) is 0 Å². The zero-order chi connectivity index (χ0) is 11.5. The van der Waals surface area contributed by atoms with E-state index in [0.29, 0.717) is 0 Å². The van der Waals surface area contributed by atoms with E-state index >= 15 is 0 Å². The molecule has 0 unspecified atom stereocenters. The first-order valence-corrected chi connectivity index (χ1v) is 5.34. The third-order valence-electron chi connectivity index (χ3n) is 2.72. The fourth-order valence-electron chi connectivity index (χ4n) is 1.72. The maximum absolute atomic E-state index is 5.79. The van der Waals surface area contributed by atoms with Gasteiger partial charge in [-0.05, 0) is 48.2 Å². The van der Waals surface area contributed by atoms with Gasteiger partial charge in [0, 0.05) is 11.4 Å².